The van der Waals surface area contributed by atoms with Crippen LogP contribution in [0.5, 0.6) is 0 Å². The normalized spacial score (nSPS) is 14.6. The van der Waals surface area contributed by atoms with Gasteiger partial charge in [0.05, 0.1) is 0 Å². The van der Waals surface area contributed by atoms with Crippen LogP contribution in [0.15, 0.2) is 28.7 Å². The summed E-state index contributed by atoms with van der Waals surface area (Å²) in [7, 11) is 0. The first-order chi connectivity index (χ1) is 8.57. The molecule has 104 valence electrons. The Bertz CT molecular complexity index is 501. The Morgan fingerprint density at radius 2 is 1.68 bits per heavy atom. The lowest BCUT2D eigenvalue weighted by Gasteiger charge is -2.27. The van der Waals surface area contributed by atoms with Crippen molar-refractivity contribution < 1.29 is 27.9 Å². The summed E-state index contributed by atoms with van der Waals surface area (Å²) in [6.45, 7) is 0.988. The molecular weight excluding hydrogens is 331 g/mol. The molecule has 1 aromatic rings. The molecule has 8 heteroatoms. The van der Waals surface area contributed by atoms with Gasteiger partial charge in [-0.3, -0.25) is 4.79 Å². The van der Waals surface area contributed by atoms with Crippen molar-refractivity contribution in [2.24, 2.45) is 0 Å². The predicted octanol–water partition coefficient (Wildman–Crippen LogP) is 2.43. The highest BCUT2D eigenvalue weighted by atomic mass is 79.9. The molecule has 0 fully saturated rings. The third-order valence-corrected chi connectivity index (χ3v) is 3.00. The summed E-state index contributed by atoms with van der Waals surface area (Å²) in [5, 5.41) is 10.6. The summed E-state index contributed by atoms with van der Waals surface area (Å²) < 4.78 is 37.3. The molecule has 1 rings (SSSR count). The fourth-order valence-corrected chi connectivity index (χ4v) is 1.59. The van der Waals surface area contributed by atoms with Gasteiger partial charge >= 0.3 is 18.1 Å². The highest BCUT2D eigenvalue weighted by Crippen LogP contribution is 2.25. The Morgan fingerprint density at radius 1 is 1.21 bits per heavy atom. The Kier molecular flexibility index (Phi) is 4.24. The number of carbonyl (C=O) groups excluding carboxylic acids is 1. The van der Waals surface area contributed by atoms with Crippen LogP contribution in [0.25, 0.3) is 0 Å². The van der Waals surface area contributed by atoms with Crippen LogP contribution in [0.3, 0.4) is 0 Å². The van der Waals surface area contributed by atoms with Crippen molar-refractivity contribution in [1.82, 2.24) is 5.32 Å². The molecule has 19 heavy (non-hydrogen) atoms. The van der Waals surface area contributed by atoms with E-state index in [1.165, 1.54) is 29.6 Å². The van der Waals surface area contributed by atoms with Crippen LogP contribution in [0.4, 0.5) is 13.2 Å². The number of amides is 1. The summed E-state index contributed by atoms with van der Waals surface area (Å²) in [6, 6.07) is 5.57. The van der Waals surface area contributed by atoms with Gasteiger partial charge in [-0.2, -0.15) is 13.2 Å². The lowest BCUT2D eigenvalue weighted by molar-refractivity contribution is -0.177. The molecular formula is C11H9BrF3NO3. The second-order valence-electron chi connectivity index (χ2n) is 3.89. The highest BCUT2D eigenvalue weighted by molar-refractivity contribution is 9.10. The van der Waals surface area contributed by atoms with E-state index in [-0.39, 0.29) is 5.56 Å². The zero-order valence-corrected chi connectivity index (χ0v) is 11.2. The molecule has 0 saturated heterocycles. The molecule has 0 spiro atoms. The van der Waals surface area contributed by atoms with Gasteiger partial charge in [-0.05, 0) is 24.6 Å². The first kappa shape index (κ1) is 15.5. The number of nitrogens with one attached hydrogen (secondary N) is 1. The average Bonchev–Trinajstić information content (AvgIpc) is 2.28. The number of alkyl halides is 3. The zero-order chi connectivity index (χ0) is 14.8. The Hall–Kier alpha value is -1.57. The standard InChI is InChI=1S/C11H9BrF3NO3/c1-10(9(18)19,16-8(17)11(13,14)15)6-2-4-7(12)5-3-6/h2-5H,1H3,(H,16,17)(H,18,19). The van der Waals surface area contributed by atoms with Crippen molar-refractivity contribution in [3.05, 3.63) is 34.3 Å². The van der Waals surface area contributed by atoms with E-state index in [9.17, 15) is 22.8 Å². The van der Waals surface area contributed by atoms with Gasteiger partial charge in [0.15, 0.2) is 5.54 Å². The van der Waals surface area contributed by atoms with Crippen molar-refractivity contribution in [3.63, 3.8) is 0 Å². The van der Waals surface area contributed by atoms with E-state index in [1.807, 2.05) is 0 Å². The topological polar surface area (TPSA) is 66.4 Å². The fraction of sp³-hybridized carbons (Fsp3) is 0.273. The van der Waals surface area contributed by atoms with E-state index in [1.54, 1.807) is 0 Å². The van der Waals surface area contributed by atoms with E-state index < -0.39 is 23.6 Å². The first-order valence-corrected chi connectivity index (χ1v) is 5.75. The van der Waals surface area contributed by atoms with E-state index in [4.69, 9.17) is 5.11 Å². The quantitative estimate of drug-likeness (QED) is 0.888. The molecule has 1 unspecified atom stereocenters. The maximum Gasteiger partial charge on any atom is 0.471 e. The number of aliphatic carboxylic acids is 1. The molecule has 1 aromatic carbocycles. The summed E-state index contributed by atoms with van der Waals surface area (Å²) in [6.07, 6.45) is -5.15. The zero-order valence-electron chi connectivity index (χ0n) is 9.58. The van der Waals surface area contributed by atoms with Gasteiger partial charge in [-0.25, -0.2) is 4.79 Å². The van der Waals surface area contributed by atoms with Crippen LogP contribution in [-0.2, 0) is 15.1 Å². The Balaban J connectivity index is 3.15. The van der Waals surface area contributed by atoms with Crippen molar-refractivity contribution in [3.8, 4) is 0 Å². The van der Waals surface area contributed by atoms with Crippen LogP contribution in [-0.4, -0.2) is 23.2 Å². The molecule has 0 saturated carbocycles. The largest absolute Gasteiger partial charge is 0.479 e. The van der Waals surface area contributed by atoms with E-state index in [0.717, 1.165) is 6.92 Å². The number of benzene rings is 1. The second-order valence-corrected chi connectivity index (χ2v) is 4.80. The maximum atomic E-state index is 12.2. The molecule has 0 aliphatic carbocycles. The summed E-state index contributed by atoms with van der Waals surface area (Å²) in [5.41, 5.74) is -2.13. The van der Waals surface area contributed by atoms with E-state index in [0.29, 0.717) is 4.47 Å². The third kappa shape index (κ3) is 3.46. The number of hydrogen-bond donors (Lipinski definition) is 2. The van der Waals surface area contributed by atoms with Crippen molar-refractivity contribution >= 4 is 27.8 Å². The number of hydrogen-bond acceptors (Lipinski definition) is 2. The minimum Gasteiger partial charge on any atom is -0.479 e. The van der Waals surface area contributed by atoms with E-state index in [2.05, 4.69) is 15.9 Å². The molecule has 1 amide bonds. The molecule has 0 bridgehead atoms. The highest BCUT2D eigenvalue weighted by Gasteiger charge is 2.46. The van der Waals surface area contributed by atoms with Gasteiger partial charge in [0, 0.05) is 4.47 Å². The predicted molar refractivity (Wildman–Crippen MR) is 63.3 cm³/mol. The molecule has 0 radical (unpaired) electrons. The van der Waals surface area contributed by atoms with Crippen molar-refractivity contribution in [1.29, 1.82) is 0 Å². The molecule has 1 atom stereocenters. The van der Waals surface area contributed by atoms with Gasteiger partial charge in [0.1, 0.15) is 0 Å². The van der Waals surface area contributed by atoms with Gasteiger partial charge in [-0.15, -0.1) is 0 Å². The molecule has 4 nitrogen and oxygen atoms in total. The molecule has 0 aliphatic rings. The monoisotopic (exact) mass is 339 g/mol. The smallest absolute Gasteiger partial charge is 0.471 e. The number of carboxylic acid groups (broad SMARTS) is 1. The van der Waals surface area contributed by atoms with Gasteiger partial charge in [0.2, 0.25) is 0 Å². The third-order valence-electron chi connectivity index (χ3n) is 2.47. The summed E-state index contributed by atoms with van der Waals surface area (Å²) >= 11 is 3.12. The molecule has 0 heterocycles. The van der Waals surface area contributed by atoms with Crippen molar-refractivity contribution in [2.45, 2.75) is 18.6 Å². The van der Waals surface area contributed by atoms with Crippen LogP contribution in [0.1, 0.15) is 12.5 Å². The van der Waals surface area contributed by atoms with Crippen LogP contribution >= 0.6 is 15.9 Å². The minimum atomic E-state index is -5.15. The summed E-state index contributed by atoms with van der Waals surface area (Å²) in [5.74, 6) is -3.90. The number of rotatable bonds is 3. The summed E-state index contributed by atoms with van der Waals surface area (Å²) in [4.78, 5) is 22.1. The first-order valence-electron chi connectivity index (χ1n) is 4.96. The second kappa shape index (κ2) is 5.20. The Labute approximate surface area is 114 Å². The van der Waals surface area contributed by atoms with Crippen molar-refractivity contribution in [2.75, 3.05) is 0 Å². The van der Waals surface area contributed by atoms with Crippen LogP contribution in [0, 0.1) is 0 Å². The van der Waals surface area contributed by atoms with Crippen LogP contribution < -0.4 is 5.32 Å². The fourth-order valence-electron chi connectivity index (χ4n) is 1.33. The number of carboxylic acids is 1. The van der Waals surface area contributed by atoms with Gasteiger partial charge in [0.25, 0.3) is 0 Å². The maximum absolute atomic E-state index is 12.2. The molecule has 2 N–H and O–H groups in total. The van der Waals surface area contributed by atoms with Gasteiger partial charge < -0.3 is 10.4 Å². The molecule has 0 aliphatic heterocycles. The average molecular weight is 340 g/mol. The van der Waals surface area contributed by atoms with Gasteiger partial charge in [-0.1, -0.05) is 28.1 Å². The minimum absolute atomic E-state index is 0.0285. The van der Waals surface area contributed by atoms with E-state index >= 15 is 0 Å². The Morgan fingerprint density at radius 3 is 2.05 bits per heavy atom. The lowest BCUT2D eigenvalue weighted by Crippen LogP contribution is -2.53. The lowest BCUT2D eigenvalue weighted by atomic mass is 9.92. The SMILES string of the molecule is CC(NC(=O)C(F)(F)F)(C(=O)O)c1ccc(Br)cc1. The number of carbonyl (C=O) groups is 2. The molecule has 0 aromatic heterocycles. The van der Waals surface area contributed by atoms with Crippen LogP contribution in [0.2, 0.25) is 0 Å². The number of halogens is 4.